The van der Waals surface area contributed by atoms with Crippen molar-refractivity contribution in [3.63, 3.8) is 0 Å². The normalized spacial score (nSPS) is 10.6. The molecule has 72 valence electrons. The fourth-order valence-electron chi connectivity index (χ4n) is 1.52. The first kappa shape index (κ1) is 8.97. The smallest absolute Gasteiger partial charge is 0.248 e. The highest BCUT2D eigenvalue weighted by atomic mass is 16.5. The first-order valence-electron chi connectivity index (χ1n) is 4.41. The molecule has 0 aliphatic heterocycles. The summed E-state index contributed by atoms with van der Waals surface area (Å²) in [6.07, 6.45) is 0. The third kappa shape index (κ3) is 1.54. The Morgan fingerprint density at radius 2 is 2.14 bits per heavy atom. The number of para-hydroxylation sites is 1. The van der Waals surface area contributed by atoms with Gasteiger partial charge in [0.2, 0.25) is 5.56 Å². The van der Waals surface area contributed by atoms with Crippen LogP contribution in [0.5, 0.6) is 0 Å². The lowest BCUT2D eigenvalue weighted by molar-refractivity contribution is 0.186. The van der Waals surface area contributed by atoms with Crippen molar-refractivity contribution in [1.82, 2.24) is 4.98 Å². The minimum Gasteiger partial charge on any atom is -0.380 e. The molecule has 0 fully saturated rings. The molecule has 0 bridgehead atoms. The Morgan fingerprint density at radius 1 is 1.29 bits per heavy atom. The molecule has 2 aromatic rings. The number of nitrogens with one attached hydrogen (secondary N) is 1. The molecule has 14 heavy (non-hydrogen) atoms. The number of benzene rings is 1. The highest BCUT2D eigenvalue weighted by molar-refractivity contribution is 5.81. The Labute approximate surface area is 81.3 Å². The van der Waals surface area contributed by atoms with Crippen molar-refractivity contribution >= 4 is 10.9 Å². The van der Waals surface area contributed by atoms with E-state index >= 15 is 0 Å². The number of hydrogen-bond acceptors (Lipinski definition) is 2. The van der Waals surface area contributed by atoms with E-state index in [4.69, 9.17) is 4.74 Å². The number of pyridine rings is 1. The number of H-pyrrole nitrogens is 1. The third-order valence-electron chi connectivity index (χ3n) is 2.15. The minimum atomic E-state index is -0.0824. The van der Waals surface area contributed by atoms with Crippen LogP contribution in [0.2, 0.25) is 0 Å². The zero-order valence-electron chi connectivity index (χ0n) is 7.91. The van der Waals surface area contributed by atoms with Gasteiger partial charge in [-0.15, -0.1) is 0 Å². The van der Waals surface area contributed by atoms with Crippen LogP contribution in [0.3, 0.4) is 0 Å². The number of aromatic nitrogens is 1. The van der Waals surface area contributed by atoms with Crippen LogP contribution in [0.15, 0.2) is 35.1 Å². The van der Waals surface area contributed by atoms with Crippen LogP contribution in [0, 0.1) is 0 Å². The summed E-state index contributed by atoms with van der Waals surface area (Å²) in [5.41, 5.74) is 1.78. The number of hydrogen-bond donors (Lipinski definition) is 1. The zero-order valence-corrected chi connectivity index (χ0v) is 7.91. The van der Waals surface area contributed by atoms with Crippen molar-refractivity contribution in [2.45, 2.75) is 6.61 Å². The van der Waals surface area contributed by atoms with E-state index in [0.29, 0.717) is 6.61 Å². The summed E-state index contributed by atoms with van der Waals surface area (Å²) in [4.78, 5) is 14.0. The molecular formula is C11H11NO2. The maximum Gasteiger partial charge on any atom is 0.248 e. The lowest BCUT2D eigenvalue weighted by Crippen LogP contribution is -2.04. The Balaban J connectivity index is 2.71. The van der Waals surface area contributed by atoms with Crippen molar-refractivity contribution in [2.75, 3.05) is 7.11 Å². The molecule has 3 heteroatoms. The quantitative estimate of drug-likeness (QED) is 0.780. The second-order valence-corrected chi connectivity index (χ2v) is 3.14. The molecule has 0 spiro atoms. The zero-order chi connectivity index (χ0) is 9.97. The van der Waals surface area contributed by atoms with E-state index in [9.17, 15) is 4.79 Å². The second-order valence-electron chi connectivity index (χ2n) is 3.14. The molecule has 0 aliphatic rings. The topological polar surface area (TPSA) is 42.1 Å². The van der Waals surface area contributed by atoms with E-state index in [-0.39, 0.29) is 5.56 Å². The second kappa shape index (κ2) is 3.64. The van der Waals surface area contributed by atoms with Crippen molar-refractivity contribution in [2.24, 2.45) is 0 Å². The van der Waals surface area contributed by atoms with Crippen LogP contribution in [-0.2, 0) is 11.3 Å². The van der Waals surface area contributed by atoms with Gasteiger partial charge >= 0.3 is 0 Å². The van der Waals surface area contributed by atoms with Gasteiger partial charge in [-0.1, -0.05) is 18.2 Å². The Kier molecular flexibility index (Phi) is 2.33. The predicted molar refractivity (Wildman–Crippen MR) is 55.3 cm³/mol. The molecule has 0 aliphatic carbocycles. The van der Waals surface area contributed by atoms with Crippen LogP contribution in [-0.4, -0.2) is 12.1 Å². The molecule has 3 nitrogen and oxygen atoms in total. The lowest BCUT2D eigenvalue weighted by Gasteiger charge is -2.04. The van der Waals surface area contributed by atoms with E-state index in [1.165, 1.54) is 6.07 Å². The molecule has 0 radical (unpaired) electrons. The summed E-state index contributed by atoms with van der Waals surface area (Å²) in [7, 11) is 1.64. The van der Waals surface area contributed by atoms with Crippen molar-refractivity contribution in [1.29, 1.82) is 0 Å². The highest BCUT2D eigenvalue weighted by Crippen LogP contribution is 2.14. The molecule has 0 saturated carbocycles. The van der Waals surface area contributed by atoms with E-state index in [1.807, 2.05) is 24.3 Å². The maximum absolute atomic E-state index is 11.1. The predicted octanol–water partition coefficient (Wildman–Crippen LogP) is 1.67. The van der Waals surface area contributed by atoms with Gasteiger partial charge in [-0.2, -0.15) is 0 Å². The van der Waals surface area contributed by atoms with E-state index in [0.717, 1.165) is 16.5 Å². The van der Waals surface area contributed by atoms with E-state index in [1.54, 1.807) is 7.11 Å². The molecule has 1 aromatic heterocycles. The molecule has 1 aromatic carbocycles. The Morgan fingerprint density at radius 3 is 2.93 bits per heavy atom. The average molecular weight is 189 g/mol. The fourth-order valence-corrected chi connectivity index (χ4v) is 1.52. The Hall–Kier alpha value is -1.61. The Bertz CT molecular complexity index is 502. The van der Waals surface area contributed by atoms with Gasteiger partial charge in [-0.05, 0) is 11.5 Å². The largest absolute Gasteiger partial charge is 0.380 e. The third-order valence-corrected chi connectivity index (χ3v) is 2.15. The van der Waals surface area contributed by atoms with Crippen LogP contribution in [0.25, 0.3) is 10.9 Å². The monoisotopic (exact) mass is 189 g/mol. The highest BCUT2D eigenvalue weighted by Gasteiger charge is 2.00. The average Bonchev–Trinajstić information content (AvgIpc) is 2.19. The number of rotatable bonds is 2. The number of methoxy groups -OCH3 is 1. The molecular weight excluding hydrogens is 178 g/mol. The first-order valence-corrected chi connectivity index (χ1v) is 4.41. The molecule has 2 rings (SSSR count). The molecule has 0 saturated heterocycles. The van der Waals surface area contributed by atoms with Gasteiger partial charge in [0.05, 0.1) is 12.1 Å². The first-order chi connectivity index (χ1) is 6.81. The summed E-state index contributed by atoms with van der Waals surface area (Å²) < 4.78 is 5.05. The molecule has 0 unspecified atom stereocenters. The summed E-state index contributed by atoms with van der Waals surface area (Å²) >= 11 is 0. The summed E-state index contributed by atoms with van der Waals surface area (Å²) in [5, 5.41) is 1.03. The van der Waals surface area contributed by atoms with Crippen LogP contribution in [0.1, 0.15) is 5.56 Å². The maximum atomic E-state index is 11.1. The number of ether oxygens (including phenoxy) is 1. The van der Waals surface area contributed by atoms with Gasteiger partial charge in [0.15, 0.2) is 0 Å². The van der Waals surface area contributed by atoms with Gasteiger partial charge in [0, 0.05) is 18.7 Å². The van der Waals surface area contributed by atoms with Crippen molar-refractivity contribution in [3.8, 4) is 0 Å². The molecule has 0 atom stereocenters. The summed E-state index contributed by atoms with van der Waals surface area (Å²) in [5.74, 6) is 0. The van der Waals surface area contributed by atoms with Crippen molar-refractivity contribution < 1.29 is 4.74 Å². The number of aromatic amines is 1. The SMILES string of the molecule is COCc1cccc2ccc(=O)[nH]c12. The molecule has 1 N–H and O–H groups in total. The van der Waals surface area contributed by atoms with Gasteiger partial charge < -0.3 is 9.72 Å². The van der Waals surface area contributed by atoms with Crippen molar-refractivity contribution in [3.05, 3.63) is 46.2 Å². The van der Waals surface area contributed by atoms with Crippen LogP contribution < -0.4 is 5.56 Å². The summed E-state index contributed by atoms with van der Waals surface area (Å²) in [6, 6.07) is 9.20. The van der Waals surface area contributed by atoms with Gasteiger partial charge in [-0.3, -0.25) is 4.79 Å². The molecule has 1 heterocycles. The molecule has 0 amide bonds. The van der Waals surface area contributed by atoms with Gasteiger partial charge in [-0.25, -0.2) is 0 Å². The minimum absolute atomic E-state index is 0.0824. The lowest BCUT2D eigenvalue weighted by atomic mass is 10.1. The van der Waals surface area contributed by atoms with Gasteiger partial charge in [0.1, 0.15) is 0 Å². The van der Waals surface area contributed by atoms with E-state index in [2.05, 4.69) is 4.98 Å². The van der Waals surface area contributed by atoms with Gasteiger partial charge in [0.25, 0.3) is 0 Å². The summed E-state index contributed by atoms with van der Waals surface area (Å²) in [6.45, 7) is 0.511. The fraction of sp³-hybridized carbons (Fsp3) is 0.182. The van der Waals surface area contributed by atoms with Crippen LogP contribution >= 0.6 is 0 Å². The van der Waals surface area contributed by atoms with E-state index < -0.39 is 0 Å². The van der Waals surface area contributed by atoms with Crippen LogP contribution in [0.4, 0.5) is 0 Å². The standard InChI is InChI=1S/C11H11NO2/c1-14-7-9-4-2-3-8-5-6-10(13)12-11(8)9/h2-6H,7H2,1H3,(H,12,13). The number of fused-ring (bicyclic) bond motifs is 1.